The van der Waals surface area contributed by atoms with Gasteiger partial charge in [-0.15, -0.1) is 0 Å². The van der Waals surface area contributed by atoms with Crippen molar-refractivity contribution in [3.05, 3.63) is 65.7 Å². The van der Waals surface area contributed by atoms with Gasteiger partial charge in [0.05, 0.1) is 13.1 Å². The van der Waals surface area contributed by atoms with Gasteiger partial charge in [-0.05, 0) is 36.5 Å². The number of nitrogens with one attached hydrogen (secondary N) is 2. The second kappa shape index (κ2) is 8.11. The zero-order chi connectivity index (χ0) is 16.8. The van der Waals surface area contributed by atoms with E-state index < -0.39 is 0 Å². The SMILES string of the molecule is C[C@H]1CCC[NH+](CC(=O)Nc2ccccc2Cc2ccccc2)C1. The van der Waals surface area contributed by atoms with Crippen LogP contribution < -0.4 is 10.2 Å². The van der Waals surface area contributed by atoms with E-state index in [0.29, 0.717) is 6.54 Å². The molecule has 0 bridgehead atoms. The van der Waals surface area contributed by atoms with Gasteiger partial charge in [0, 0.05) is 11.6 Å². The van der Waals surface area contributed by atoms with Crippen molar-refractivity contribution in [2.75, 3.05) is 25.0 Å². The molecule has 1 saturated heterocycles. The highest BCUT2D eigenvalue weighted by molar-refractivity contribution is 5.92. The zero-order valence-electron chi connectivity index (χ0n) is 14.4. The van der Waals surface area contributed by atoms with E-state index in [1.54, 1.807) is 0 Å². The monoisotopic (exact) mass is 323 g/mol. The van der Waals surface area contributed by atoms with Crippen molar-refractivity contribution >= 4 is 11.6 Å². The lowest BCUT2D eigenvalue weighted by Crippen LogP contribution is -3.14. The molecular formula is C21H27N2O+. The first-order chi connectivity index (χ1) is 11.7. The summed E-state index contributed by atoms with van der Waals surface area (Å²) in [6, 6.07) is 18.5. The molecule has 126 valence electrons. The lowest BCUT2D eigenvalue weighted by Gasteiger charge is -2.27. The van der Waals surface area contributed by atoms with Crippen LogP contribution in [-0.4, -0.2) is 25.5 Å². The minimum Gasteiger partial charge on any atom is -0.327 e. The van der Waals surface area contributed by atoms with Crippen molar-refractivity contribution in [1.29, 1.82) is 0 Å². The van der Waals surface area contributed by atoms with Gasteiger partial charge in [0.1, 0.15) is 0 Å². The van der Waals surface area contributed by atoms with Crippen molar-refractivity contribution in [3.8, 4) is 0 Å². The van der Waals surface area contributed by atoms with E-state index in [2.05, 4.69) is 42.6 Å². The summed E-state index contributed by atoms with van der Waals surface area (Å²) in [6.07, 6.45) is 3.37. The Morgan fingerprint density at radius 3 is 2.67 bits per heavy atom. The highest BCUT2D eigenvalue weighted by Gasteiger charge is 2.22. The van der Waals surface area contributed by atoms with Crippen LogP contribution in [0.2, 0.25) is 0 Å². The van der Waals surface area contributed by atoms with Crippen LogP contribution in [0.4, 0.5) is 5.69 Å². The number of likely N-dealkylation sites (tertiary alicyclic amines) is 1. The average Bonchev–Trinajstić information content (AvgIpc) is 2.57. The van der Waals surface area contributed by atoms with Gasteiger partial charge in [-0.25, -0.2) is 0 Å². The summed E-state index contributed by atoms with van der Waals surface area (Å²) in [5, 5.41) is 3.13. The van der Waals surface area contributed by atoms with E-state index in [1.165, 1.54) is 28.9 Å². The van der Waals surface area contributed by atoms with E-state index >= 15 is 0 Å². The number of anilines is 1. The van der Waals surface area contributed by atoms with Crippen LogP contribution in [-0.2, 0) is 11.2 Å². The predicted molar refractivity (Wildman–Crippen MR) is 98.3 cm³/mol. The molecule has 3 heteroatoms. The molecule has 1 aliphatic rings. The summed E-state index contributed by atoms with van der Waals surface area (Å²) in [5.41, 5.74) is 3.37. The smallest absolute Gasteiger partial charge is 0.279 e. The number of benzene rings is 2. The van der Waals surface area contributed by atoms with Gasteiger partial charge in [-0.1, -0.05) is 55.5 Å². The van der Waals surface area contributed by atoms with E-state index in [1.807, 2.05) is 24.3 Å². The third-order valence-corrected chi connectivity index (χ3v) is 4.80. The number of hydrogen-bond acceptors (Lipinski definition) is 1. The van der Waals surface area contributed by atoms with Crippen LogP contribution >= 0.6 is 0 Å². The Hall–Kier alpha value is -2.13. The fourth-order valence-electron chi connectivity index (χ4n) is 3.59. The number of rotatable bonds is 5. The second-order valence-electron chi connectivity index (χ2n) is 7.00. The number of piperidine rings is 1. The molecule has 1 amide bonds. The molecule has 0 aromatic heterocycles. The molecule has 1 aliphatic heterocycles. The first-order valence-electron chi connectivity index (χ1n) is 8.96. The molecule has 1 heterocycles. The van der Waals surface area contributed by atoms with Gasteiger partial charge in [-0.2, -0.15) is 0 Å². The molecule has 0 radical (unpaired) electrons. The Bertz CT molecular complexity index is 669. The molecule has 1 unspecified atom stereocenters. The Morgan fingerprint density at radius 1 is 1.12 bits per heavy atom. The summed E-state index contributed by atoms with van der Waals surface area (Å²) in [7, 11) is 0. The van der Waals surface area contributed by atoms with Gasteiger partial charge in [0.25, 0.3) is 5.91 Å². The molecule has 2 atom stereocenters. The highest BCUT2D eigenvalue weighted by atomic mass is 16.2. The normalized spacial score (nSPS) is 20.5. The lowest BCUT2D eigenvalue weighted by molar-refractivity contribution is -0.900. The van der Waals surface area contributed by atoms with Gasteiger partial charge >= 0.3 is 0 Å². The van der Waals surface area contributed by atoms with Crippen LogP contribution in [0, 0.1) is 5.92 Å². The standard InChI is InChI=1S/C21H26N2O/c1-17-8-7-13-23(15-17)16-21(24)22-20-12-6-5-11-19(20)14-18-9-3-2-4-10-18/h2-6,9-12,17H,7-8,13-16H2,1H3,(H,22,24)/p+1/t17-/m0/s1. The van der Waals surface area contributed by atoms with Gasteiger partial charge in [-0.3, -0.25) is 4.79 Å². The number of quaternary nitrogens is 1. The Morgan fingerprint density at radius 2 is 1.88 bits per heavy atom. The Balaban J connectivity index is 1.63. The Kier molecular flexibility index (Phi) is 5.65. The fraction of sp³-hybridized carbons (Fsp3) is 0.381. The number of amides is 1. The van der Waals surface area contributed by atoms with Gasteiger partial charge in [0.15, 0.2) is 6.54 Å². The third-order valence-electron chi connectivity index (χ3n) is 4.80. The summed E-state index contributed by atoms with van der Waals surface area (Å²) in [4.78, 5) is 13.9. The molecule has 24 heavy (non-hydrogen) atoms. The molecular weight excluding hydrogens is 296 g/mol. The first kappa shape index (κ1) is 16.7. The summed E-state index contributed by atoms with van der Waals surface area (Å²) >= 11 is 0. The van der Waals surface area contributed by atoms with Gasteiger partial charge < -0.3 is 10.2 Å². The fourth-order valence-corrected chi connectivity index (χ4v) is 3.59. The summed E-state index contributed by atoms with van der Waals surface area (Å²) in [6.45, 7) is 5.08. The van der Waals surface area contributed by atoms with Crippen LogP contribution in [0.1, 0.15) is 30.9 Å². The van der Waals surface area contributed by atoms with E-state index in [0.717, 1.165) is 31.1 Å². The van der Waals surface area contributed by atoms with Crippen molar-refractivity contribution in [1.82, 2.24) is 0 Å². The topological polar surface area (TPSA) is 33.5 Å². The van der Waals surface area contributed by atoms with E-state index in [4.69, 9.17) is 0 Å². The van der Waals surface area contributed by atoms with E-state index in [-0.39, 0.29) is 5.91 Å². The number of para-hydroxylation sites is 1. The molecule has 0 aliphatic carbocycles. The molecule has 1 fully saturated rings. The third kappa shape index (κ3) is 4.68. The summed E-state index contributed by atoms with van der Waals surface area (Å²) < 4.78 is 0. The molecule has 3 nitrogen and oxygen atoms in total. The maximum atomic E-state index is 12.5. The van der Waals surface area contributed by atoms with Crippen molar-refractivity contribution in [3.63, 3.8) is 0 Å². The highest BCUT2D eigenvalue weighted by Crippen LogP contribution is 2.19. The van der Waals surface area contributed by atoms with Crippen LogP contribution in [0.15, 0.2) is 54.6 Å². The minimum absolute atomic E-state index is 0.125. The average molecular weight is 323 g/mol. The quantitative estimate of drug-likeness (QED) is 0.871. The number of hydrogen-bond donors (Lipinski definition) is 2. The maximum Gasteiger partial charge on any atom is 0.279 e. The van der Waals surface area contributed by atoms with Crippen molar-refractivity contribution < 1.29 is 9.69 Å². The first-order valence-corrected chi connectivity index (χ1v) is 8.96. The van der Waals surface area contributed by atoms with Gasteiger partial charge in [0.2, 0.25) is 0 Å². The maximum absolute atomic E-state index is 12.5. The molecule has 2 N–H and O–H groups in total. The lowest BCUT2D eigenvalue weighted by atomic mass is 10.0. The van der Waals surface area contributed by atoms with E-state index in [9.17, 15) is 4.79 Å². The summed E-state index contributed by atoms with van der Waals surface area (Å²) in [5.74, 6) is 0.853. The molecule has 0 spiro atoms. The van der Waals surface area contributed by atoms with Crippen molar-refractivity contribution in [2.24, 2.45) is 5.92 Å². The number of carbonyl (C=O) groups excluding carboxylic acids is 1. The molecule has 2 aromatic carbocycles. The predicted octanol–water partition coefficient (Wildman–Crippen LogP) is 2.53. The Labute approximate surface area is 144 Å². The van der Waals surface area contributed by atoms with Crippen molar-refractivity contribution in [2.45, 2.75) is 26.2 Å². The number of carbonyl (C=O) groups is 1. The van der Waals surface area contributed by atoms with Crippen LogP contribution in [0.3, 0.4) is 0 Å². The minimum atomic E-state index is 0.125. The largest absolute Gasteiger partial charge is 0.327 e. The second-order valence-corrected chi connectivity index (χ2v) is 7.00. The molecule has 2 aromatic rings. The van der Waals surface area contributed by atoms with Crippen LogP contribution in [0.25, 0.3) is 0 Å². The molecule has 3 rings (SSSR count). The molecule has 0 saturated carbocycles. The van der Waals surface area contributed by atoms with Crippen LogP contribution in [0.5, 0.6) is 0 Å². The zero-order valence-corrected chi connectivity index (χ0v) is 14.4.